The molecule has 2 aliphatic rings. The van der Waals surface area contributed by atoms with E-state index >= 15 is 0 Å². The fraction of sp³-hybridized carbons (Fsp3) is 0.565. The van der Waals surface area contributed by atoms with Crippen LogP contribution in [0.4, 0.5) is 5.88 Å². The highest BCUT2D eigenvalue weighted by molar-refractivity contribution is 6.30. The molecule has 1 aliphatic carbocycles. The van der Waals surface area contributed by atoms with Gasteiger partial charge in [-0.1, -0.05) is 37.8 Å². The van der Waals surface area contributed by atoms with E-state index in [1.54, 1.807) is 12.1 Å². The van der Waals surface area contributed by atoms with Crippen LogP contribution in [0.2, 0.25) is 5.02 Å². The number of hydrogen-bond donors (Lipinski definition) is 1. The number of oxazole rings is 1. The van der Waals surface area contributed by atoms with Gasteiger partial charge < -0.3 is 14.6 Å². The van der Waals surface area contributed by atoms with Gasteiger partial charge in [-0.05, 0) is 43.7 Å². The number of piperazine rings is 1. The minimum absolute atomic E-state index is 0.123. The third-order valence-electron chi connectivity index (χ3n) is 6.68. The van der Waals surface area contributed by atoms with Gasteiger partial charge in [0.15, 0.2) is 0 Å². The van der Waals surface area contributed by atoms with Crippen molar-refractivity contribution in [3.05, 3.63) is 35.0 Å². The predicted octanol–water partition coefficient (Wildman–Crippen LogP) is 4.62. The zero-order valence-electron chi connectivity index (χ0n) is 17.7. The standard InChI is InChI=1S/C23H30ClN5O/c1-2-28-12-14-29(15-13-28)23(10-4-3-5-11-23)17-26-22-20(16-25)27-21(30-22)18-6-8-19(24)9-7-18/h6-9,26H,2-5,10-15,17H2,1H3. The first kappa shape index (κ1) is 21.2. The highest BCUT2D eigenvalue weighted by atomic mass is 35.5. The molecule has 0 unspecified atom stereocenters. The minimum atomic E-state index is 0.123. The Morgan fingerprint density at radius 1 is 1.13 bits per heavy atom. The van der Waals surface area contributed by atoms with Crippen LogP contribution >= 0.6 is 11.6 Å². The highest BCUT2D eigenvalue weighted by Crippen LogP contribution is 2.35. The van der Waals surface area contributed by atoms with Crippen molar-refractivity contribution in [3.8, 4) is 17.5 Å². The minimum Gasteiger partial charge on any atom is -0.419 e. The predicted molar refractivity (Wildman–Crippen MR) is 120 cm³/mol. The van der Waals surface area contributed by atoms with Crippen LogP contribution in [0.15, 0.2) is 28.7 Å². The van der Waals surface area contributed by atoms with Crippen LogP contribution in [0.3, 0.4) is 0 Å². The SMILES string of the molecule is CCN1CCN(C2(CNc3oc(-c4ccc(Cl)cc4)nc3C#N)CCCCC2)CC1. The molecule has 2 fully saturated rings. The third kappa shape index (κ3) is 4.49. The molecule has 160 valence electrons. The number of likely N-dealkylation sites (N-methyl/N-ethyl adjacent to an activating group) is 1. The van der Waals surface area contributed by atoms with E-state index in [-0.39, 0.29) is 5.54 Å². The molecule has 0 radical (unpaired) electrons. The lowest BCUT2D eigenvalue weighted by molar-refractivity contribution is 0.0167. The average Bonchev–Trinajstić information content (AvgIpc) is 3.22. The Balaban J connectivity index is 1.51. The first-order chi connectivity index (χ1) is 14.6. The maximum Gasteiger partial charge on any atom is 0.232 e. The smallest absolute Gasteiger partial charge is 0.232 e. The number of nitrogens with one attached hydrogen (secondary N) is 1. The van der Waals surface area contributed by atoms with Crippen LogP contribution in [0, 0.1) is 11.3 Å². The monoisotopic (exact) mass is 427 g/mol. The number of aromatic nitrogens is 1. The third-order valence-corrected chi connectivity index (χ3v) is 6.93. The molecular weight excluding hydrogens is 398 g/mol. The van der Waals surface area contributed by atoms with Crippen molar-refractivity contribution >= 4 is 17.5 Å². The van der Waals surface area contributed by atoms with Crippen molar-refractivity contribution in [2.24, 2.45) is 0 Å². The van der Waals surface area contributed by atoms with E-state index in [2.05, 4.69) is 33.1 Å². The van der Waals surface area contributed by atoms with E-state index in [1.165, 1.54) is 32.1 Å². The molecule has 1 aliphatic heterocycles. The first-order valence-electron chi connectivity index (χ1n) is 11.0. The summed E-state index contributed by atoms with van der Waals surface area (Å²) in [5.41, 5.74) is 1.24. The maximum absolute atomic E-state index is 9.58. The fourth-order valence-corrected chi connectivity index (χ4v) is 4.96. The van der Waals surface area contributed by atoms with Crippen molar-refractivity contribution in [1.29, 1.82) is 5.26 Å². The zero-order chi connectivity index (χ0) is 21.0. The summed E-state index contributed by atoms with van der Waals surface area (Å²) in [5, 5.41) is 13.7. The van der Waals surface area contributed by atoms with Crippen molar-refractivity contribution in [3.63, 3.8) is 0 Å². The molecule has 0 atom stereocenters. The highest BCUT2D eigenvalue weighted by Gasteiger charge is 2.39. The Bertz CT molecular complexity index is 874. The Hall–Kier alpha value is -2.07. The van der Waals surface area contributed by atoms with E-state index in [9.17, 15) is 5.26 Å². The summed E-state index contributed by atoms with van der Waals surface area (Å²) in [6.07, 6.45) is 6.20. The van der Waals surface area contributed by atoms with E-state index < -0.39 is 0 Å². The van der Waals surface area contributed by atoms with Crippen LogP contribution in [-0.4, -0.2) is 59.6 Å². The summed E-state index contributed by atoms with van der Waals surface area (Å²) in [6.45, 7) is 8.61. The van der Waals surface area contributed by atoms with Gasteiger partial charge in [0.2, 0.25) is 17.5 Å². The van der Waals surface area contributed by atoms with Crippen molar-refractivity contribution in [1.82, 2.24) is 14.8 Å². The summed E-state index contributed by atoms with van der Waals surface area (Å²) in [4.78, 5) is 9.59. The van der Waals surface area contributed by atoms with Crippen LogP contribution in [0.25, 0.3) is 11.5 Å². The number of nitriles is 1. The van der Waals surface area contributed by atoms with Gasteiger partial charge in [0.25, 0.3) is 0 Å². The van der Waals surface area contributed by atoms with Gasteiger partial charge in [0.1, 0.15) is 6.07 Å². The lowest BCUT2D eigenvalue weighted by atomic mass is 9.79. The second kappa shape index (κ2) is 9.38. The van der Waals surface area contributed by atoms with E-state index in [0.717, 1.165) is 44.8 Å². The van der Waals surface area contributed by atoms with Crippen LogP contribution in [0.5, 0.6) is 0 Å². The van der Waals surface area contributed by atoms with E-state index in [1.807, 2.05) is 12.1 Å². The Morgan fingerprint density at radius 2 is 1.83 bits per heavy atom. The summed E-state index contributed by atoms with van der Waals surface area (Å²) in [6, 6.07) is 9.49. The molecule has 0 amide bonds. The number of anilines is 1. The molecule has 2 aromatic rings. The molecule has 0 spiro atoms. The van der Waals surface area contributed by atoms with Crippen LogP contribution in [-0.2, 0) is 0 Å². The van der Waals surface area contributed by atoms with Crippen molar-refractivity contribution < 1.29 is 4.42 Å². The van der Waals surface area contributed by atoms with Gasteiger partial charge in [-0.25, -0.2) is 0 Å². The molecule has 7 heteroatoms. The Labute approximate surface area is 183 Å². The average molecular weight is 428 g/mol. The number of nitrogens with zero attached hydrogens (tertiary/aromatic N) is 4. The molecule has 4 rings (SSSR count). The zero-order valence-corrected chi connectivity index (χ0v) is 18.4. The Kier molecular flexibility index (Phi) is 6.62. The molecule has 0 bridgehead atoms. The van der Waals surface area contributed by atoms with E-state index in [0.29, 0.717) is 22.5 Å². The van der Waals surface area contributed by atoms with Crippen LogP contribution in [0.1, 0.15) is 44.7 Å². The summed E-state index contributed by atoms with van der Waals surface area (Å²) >= 11 is 5.98. The second-order valence-electron chi connectivity index (χ2n) is 8.38. The van der Waals surface area contributed by atoms with Crippen molar-refractivity contribution in [2.45, 2.75) is 44.6 Å². The second-order valence-corrected chi connectivity index (χ2v) is 8.81. The molecule has 1 N–H and O–H groups in total. The molecular formula is C23H30ClN5O. The van der Waals surface area contributed by atoms with Gasteiger partial charge >= 0.3 is 0 Å². The molecule has 1 saturated carbocycles. The van der Waals surface area contributed by atoms with Gasteiger partial charge in [0, 0.05) is 48.8 Å². The number of rotatable bonds is 6. The first-order valence-corrected chi connectivity index (χ1v) is 11.4. The van der Waals surface area contributed by atoms with Crippen molar-refractivity contribution in [2.75, 3.05) is 44.6 Å². The molecule has 1 aromatic carbocycles. The fourth-order valence-electron chi connectivity index (χ4n) is 4.83. The van der Waals surface area contributed by atoms with Gasteiger partial charge in [-0.3, -0.25) is 4.90 Å². The van der Waals surface area contributed by atoms with Crippen LogP contribution < -0.4 is 5.32 Å². The normalized spacial score (nSPS) is 20.0. The largest absolute Gasteiger partial charge is 0.419 e. The lowest BCUT2D eigenvalue weighted by Gasteiger charge is -2.50. The molecule has 2 heterocycles. The van der Waals surface area contributed by atoms with Gasteiger partial charge in [-0.2, -0.15) is 10.2 Å². The quantitative estimate of drug-likeness (QED) is 0.725. The number of halogens is 1. The molecule has 1 saturated heterocycles. The van der Waals surface area contributed by atoms with Gasteiger partial charge in [-0.15, -0.1) is 0 Å². The topological polar surface area (TPSA) is 68.3 Å². The molecule has 1 aromatic heterocycles. The lowest BCUT2D eigenvalue weighted by Crippen LogP contribution is -2.60. The van der Waals surface area contributed by atoms with E-state index in [4.69, 9.17) is 16.0 Å². The summed E-state index contributed by atoms with van der Waals surface area (Å²) in [7, 11) is 0. The summed E-state index contributed by atoms with van der Waals surface area (Å²) in [5.74, 6) is 0.916. The number of hydrogen-bond acceptors (Lipinski definition) is 6. The molecule has 6 nitrogen and oxygen atoms in total. The summed E-state index contributed by atoms with van der Waals surface area (Å²) < 4.78 is 5.97. The van der Waals surface area contributed by atoms with Gasteiger partial charge in [0.05, 0.1) is 0 Å². The molecule has 30 heavy (non-hydrogen) atoms. The Morgan fingerprint density at radius 3 is 2.47 bits per heavy atom. The maximum atomic E-state index is 9.58. The number of benzene rings is 1.